The number of rotatable bonds is 4. The van der Waals surface area contributed by atoms with Crippen molar-refractivity contribution in [3.8, 4) is 23.0 Å². The summed E-state index contributed by atoms with van der Waals surface area (Å²) in [6.45, 7) is 6.49. The lowest BCUT2D eigenvalue weighted by molar-refractivity contribution is 0.174. The fourth-order valence-corrected chi connectivity index (χ4v) is 3.03. The number of hydrogen-bond acceptors (Lipinski definition) is 5. The first-order chi connectivity index (χ1) is 10.1. The van der Waals surface area contributed by atoms with Crippen molar-refractivity contribution in [3.63, 3.8) is 0 Å². The molecule has 1 heterocycles. The third-order valence-electron chi connectivity index (χ3n) is 2.76. The van der Waals surface area contributed by atoms with E-state index in [0.717, 1.165) is 11.8 Å². The van der Waals surface area contributed by atoms with Crippen LogP contribution in [0.4, 0.5) is 0 Å². The fourth-order valence-electron chi connectivity index (χ4n) is 1.90. The Morgan fingerprint density at radius 2 is 1.95 bits per heavy atom. The molecule has 0 saturated heterocycles. The summed E-state index contributed by atoms with van der Waals surface area (Å²) < 4.78 is 38.5. The minimum Gasteiger partial charge on any atom is -0.454 e. The molecule has 0 spiro atoms. The van der Waals surface area contributed by atoms with Crippen LogP contribution in [0.1, 0.15) is 5.56 Å². The average Bonchev–Trinajstić information content (AvgIpc) is 2.80. The van der Waals surface area contributed by atoms with Crippen LogP contribution < -0.4 is 9.47 Å². The van der Waals surface area contributed by atoms with Gasteiger partial charge in [0.05, 0.1) is 6.26 Å². The van der Waals surface area contributed by atoms with Gasteiger partial charge in [-0.3, -0.25) is 4.18 Å². The van der Waals surface area contributed by atoms with Gasteiger partial charge in [-0.2, -0.15) is 8.42 Å². The normalized spacial score (nSPS) is 15.1. The summed E-state index contributed by atoms with van der Waals surface area (Å²) >= 11 is 0. The van der Waals surface area contributed by atoms with Crippen LogP contribution in [0.15, 0.2) is 18.2 Å². The summed E-state index contributed by atoms with van der Waals surface area (Å²) in [5.74, 6) is 4.32. The summed E-state index contributed by atoms with van der Waals surface area (Å²) in [4.78, 5) is 0. The molecular weight excluding hydrogens is 320 g/mol. The summed E-state index contributed by atoms with van der Waals surface area (Å²) in [5.41, 5.74) is 4.05. The van der Waals surface area contributed by atoms with Crippen molar-refractivity contribution in [3.05, 3.63) is 23.8 Å². The van der Waals surface area contributed by atoms with Gasteiger partial charge in [0, 0.05) is 6.42 Å². The van der Waals surface area contributed by atoms with Crippen LogP contribution in [-0.4, -0.2) is 35.6 Å². The van der Waals surface area contributed by atoms with Gasteiger partial charge in [0.1, 0.15) is 14.2 Å². The highest BCUT2D eigenvalue weighted by Crippen LogP contribution is 2.32. The first-order valence-corrected chi connectivity index (χ1v) is 12.2. The topological polar surface area (TPSA) is 61.8 Å². The third kappa shape index (κ3) is 5.37. The second kappa shape index (κ2) is 6.32. The van der Waals surface area contributed by atoms with Crippen LogP contribution in [0, 0.1) is 11.5 Å². The van der Waals surface area contributed by atoms with Gasteiger partial charge in [-0.1, -0.05) is 31.6 Å². The molecule has 1 aliphatic rings. The molecule has 1 aliphatic heterocycles. The van der Waals surface area contributed by atoms with Gasteiger partial charge < -0.3 is 9.47 Å². The highest BCUT2D eigenvalue weighted by atomic mass is 32.2. The van der Waals surface area contributed by atoms with Crippen molar-refractivity contribution in [2.24, 2.45) is 0 Å². The van der Waals surface area contributed by atoms with Crippen molar-refractivity contribution in [1.29, 1.82) is 0 Å². The van der Waals surface area contributed by atoms with Gasteiger partial charge in [0.2, 0.25) is 6.79 Å². The highest BCUT2D eigenvalue weighted by Gasteiger charge is 2.18. The first-order valence-electron chi connectivity index (χ1n) is 6.92. The summed E-state index contributed by atoms with van der Waals surface area (Å²) in [5, 5.41) is 0. The van der Waals surface area contributed by atoms with Crippen LogP contribution in [0.2, 0.25) is 19.6 Å². The highest BCUT2D eigenvalue weighted by molar-refractivity contribution is 7.86. The molecule has 0 bridgehead atoms. The van der Waals surface area contributed by atoms with E-state index in [0.29, 0.717) is 17.9 Å². The van der Waals surface area contributed by atoms with Crippen molar-refractivity contribution in [1.82, 2.24) is 0 Å². The number of benzene rings is 1. The van der Waals surface area contributed by atoms with Gasteiger partial charge in [-0.25, -0.2) is 0 Å². The molecule has 5 nitrogen and oxygen atoms in total. The standard InChI is InChI=1S/C15H20O5SSi/c1-21(16,17)20-13(7-8-22(2,3)4)9-12-5-6-14-15(10-12)19-11-18-14/h5-6,10,13H,9,11H2,1-4H3. The molecule has 1 aromatic carbocycles. The van der Waals surface area contributed by atoms with Crippen LogP contribution in [0.25, 0.3) is 0 Å². The zero-order valence-electron chi connectivity index (χ0n) is 13.2. The van der Waals surface area contributed by atoms with Gasteiger partial charge >= 0.3 is 0 Å². The molecule has 1 aromatic rings. The smallest absolute Gasteiger partial charge is 0.265 e. The van der Waals surface area contributed by atoms with Crippen molar-refractivity contribution in [2.75, 3.05) is 13.0 Å². The molecule has 7 heteroatoms. The Hall–Kier alpha value is -1.49. The summed E-state index contributed by atoms with van der Waals surface area (Å²) in [6, 6.07) is 5.50. The van der Waals surface area contributed by atoms with E-state index in [2.05, 4.69) is 31.1 Å². The minimum absolute atomic E-state index is 0.206. The van der Waals surface area contributed by atoms with Crippen LogP contribution in [0.3, 0.4) is 0 Å². The molecule has 0 N–H and O–H groups in total. The van der Waals surface area contributed by atoms with Crippen molar-refractivity contribution in [2.45, 2.75) is 32.2 Å². The maximum absolute atomic E-state index is 11.4. The van der Waals surface area contributed by atoms with Crippen LogP contribution >= 0.6 is 0 Å². The predicted molar refractivity (Wildman–Crippen MR) is 87.1 cm³/mol. The lowest BCUT2D eigenvalue weighted by Gasteiger charge is -2.12. The zero-order chi connectivity index (χ0) is 16.4. The van der Waals surface area contributed by atoms with E-state index in [1.807, 2.05) is 12.1 Å². The Balaban J connectivity index is 2.20. The van der Waals surface area contributed by atoms with E-state index in [9.17, 15) is 8.42 Å². The molecule has 0 aromatic heterocycles. The third-order valence-corrected chi connectivity index (χ3v) is 4.23. The largest absolute Gasteiger partial charge is 0.454 e. The van der Waals surface area contributed by atoms with Gasteiger partial charge in [-0.15, -0.1) is 5.54 Å². The molecular formula is C15H20O5SSi. The Morgan fingerprint density at radius 1 is 1.27 bits per heavy atom. The van der Waals surface area contributed by atoms with E-state index >= 15 is 0 Å². The molecule has 22 heavy (non-hydrogen) atoms. The summed E-state index contributed by atoms with van der Waals surface area (Å²) in [7, 11) is -5.18. The Bertz CT molecular complexity index is 710. The molecule has 0 amide bonds. The number of ether oxygens (including phenoxy) is 2. The lowest BCUT2D eigenvalue weighted by atomic mass is 10.1. The van der Waals surface area contributed by atoms with E-state index in [4.69, 9.17) is 13.7 Å². The van der Waals surface area contributed by atoms with Crippen LogP contribution in [0.5, 0.6) is 11.5 Å². The molecule has 0 aliphatic carbocycles. The monoisotopic (exact) mass is 340 g/mol. The molecule has 0 saturated carbocycles. The lowest BCUT2D eigenvalue weighted by Crippen LogP contribution is -2.22. The zero-order valence-corrected chi connectivity index (χ0v) is 15.0. The van der Waals surface area contributed by atoms with Crippen molar-refractivity contribution < 1.29 is 22.1 Å². The number of hydrogen-bond donors (Lipinski definition) is 0. The van der Waals surface area contributed by atoms with Gasteiger partial charge in [0.25, 0.3) is 10.1 Å². The predicted octanol–water partition coefficient (Wildman–Crippen LogP) is 2.18. The fraction of sp³-hybridized carbons (Fsp3) is 0.467. The molecule has 0 radical (unpaired) electrons. The molecule has 1 atom stereocenters. The molecule has 1 unspecified atom stereocenters. The second-order valence-electron chi connectivity index (χ2n) is 6.20. The minimum atomic E-state index is -3.57. The van der Waals surface area contributed by atoms with Gasteiger partial charge in [0.15, 0.2) is 11.5 Å². The first kappa shape index (κ1) is 16.9. The Labute approximate surface area is 132 Å². The second-order valence-corrected chi connectivity index (χ2v) is 12.6. The average molecular weight is 340 g/mol. The Kier molecular flexibility index (Phi) is 4.85. The van der Waals surface area contributed by atoms with Crippen LogP contribution in [-0.2, 0) is 20.7 Å². The quantitative estimate of drug-likeness (QED) is 0.478. The van der Waals surface area contributed by atoms with E-state index in [1.54, 1.807) is 6.07 Å². The Morgan fingerprint density at radius 3 is 2.59 bits per heavy atom. The molecule has 2 rings (SSSR count). The number of fused-ring (bicyclic) bond motifs is 1. The van der Waals surface area contributed by atoms with E-state index in [1.165, 1.54) is 0 Å². The maximum atomic E-state index is 11.4. The SMILES string of the molecule is C[Si](C)(C)C#CC(Cc1ccc2c(c1)OCO2)OS(C)(=O)=O. The summed E-state index contributed by atoms with van der Waals surface area (Å²) in [6.07, 6.45) is 0.721. The van der Waals surface area contributed by atoms with E-state index < -0.39 is 24.3 Å². The van der Waals surface area contributed by atoms with Crippen molar-refractivity contribution >= 4 is 18.2 Å². The molecule has 0 fully saturated rings. The van der Waals surface area contributed by atoms with Gasteiger partial charge in [-0.05, 0) is 17.7 Å². The molecule has 120 valence electrons. The maximum Gasteiger partial charge on any atom is 0.265 e. The van der Waals surface area contributed by atoms with E-state index in [-0.39, 0.29) is 6.79 Å².